The van der Waals surface area contributed by atoms with Crippen LogP contribution in [0.3, 0.4) is 0 Å². The van der Waals surface area contributed by atoms with Gasteiger partial charge in [-0.1, -0.05) is 52.3 Å². The molecule has 7 heteroatoms. The Bertz CT molecular complexity index is 1350. The van der Waals surface area contributed by atoms with Gasteiger partial charge in [0.15, 0.2) is 5.78 Å². The van der Waals surface area contributed by atoms with Crippen molar-refractivity contribution in [3.8, 4) is 0 Å². The Labute approximate surface area is 180 Å². The molecule has 6 nitrogen and oxygen atoms in total. The van der Waals surface area contributed by atoms with Crippen LogP contribution < -0.4 is 0 Å². The van der Waals surface area contributed by atoms with Gasteiger partial charge in [-0.25, -0.2) is 9.59 Å². The Morgan fingerprint density at radius 3 is 2.13 bits per heavy atom. The Morgan fingerprint density at radius 1 is 0.833 bits per heavy atom. The summed E-state index contributed by atoms with van der Waals surface area (Å²) in [6.07, 6.45) is 0. The predicted molar refractivity (Wildman–Crippen MR) is 118 cm³/mol. The summed E-state index contributed by atoms with van der Waals surface area (Å²) in [6.45, 7) is 1.67. The number of esters is 2. The number of hydrogen-bond donors (Lipinski definition) is 0. The molecule has 2 heterocycles. The van der Waals surface area contributed by atoms with E-state index in [4.69, 9.17) is 9.47 Å². The number of ketones is 1. The van der Waals surface area contributed by atoms with Crippen molar-refractivity contribution < 1.29 is 23.9 Å². The van der Waals surface area contributed by atoms with E-state index in [0.717, 1.165) is 16.2 Å². The zero-order valence-electron chi connectivity index (χ0n) is 16.6. The predicted octanol–water partition coefficient (Wildman–Crippen LogP) is 4.79. The van der Waals surface area contributed by atoms with E-state index >= 15 is 0 Å². The fourth-order valence-electron chi connectivity index (χ4n) is 3.85. The number of benzene rings is 2. The molecule has 152 valence electrons. The first-order valence-electron chi connectivity index (χ1n) is 9.24. The molecule has 30 heavy (non-hydrogen) atoms. The third-order valence-corrected chi connectivity index (χ3v) is 5.59. The van der Waals surface area contributed by atoms with Crippen molar-refractivity contribution >= 4 is 60.8 Å². The number of alkyl halides is 1. The van der Waals surface area contributed by atoms with Gasteiger partial charge in [0.1, 0.15) is 16.8 Å². The molecule has 4 rings (SSSR count). The SMILES string of the molecule is COC(=O)c1c(C(=O)OC)c2ccc3c4ccccc4ccc3n2c1C(=O)C(C)Br. The first-order chi connectivity index (χ1) is 14.4. The molecule has 0 aliphatic carbocycles. The van der Waals surface area contributed by atoms with Gasteiger partial charge in [-0.05, 0) is 29.8 Å². The van der Waals surface area contributed by atoms with Crippen molar-refractivity contribution in [2.45, 2.75) is 11.8 Å². The lowest BCUT2D eigenvalue weighted by atomic mass is 10.0. The average molecular weight is 468 g/mol. The second-order valence-electron chi connectivity index (χ2n) is 6.84. The van der Waals surface area contributed by atoms with Crippen molar-refractivity contribution in [2.75, 3.05) is 14.2 Å². The Morgan fingerprint density at radius 2 is 1.47 bits per heavy atom. The highest BCUT2D eigenvalue weighted by molar-refractivity contribution is 9.10. The molecular formula is C23H18BrNO5. The number of hydrogen-bond acceptors (Lipinski definition) is 5. The summed E-state index contributed by atoms with van der Waals surface area (Å²) >= 11 is 3.30. The van der Waals surface area contributed by atoms with Gasteiger partial charge in [-0.15, -0.1) is 0 Å². The van der Waals surface area contributed by atoms with Gasteiger partial charge in [0.2, 0.25) is 0 Å². The fourth-order valence-corrected chi connectivity index (χ4v) is 4.06. The van der Waals surface area contributed by atoms with E-state index in [1.165, 1.54) is 14.2 Å². The number of Topliss-reactive ketones (excluding diaryl/α,β-unsaturated/α-hetero) is 1. The molecular weight excluding hydrogens is 450 g/mol. The molecule has 0 saturated carbocycles. The fraction of sp³-hybridized carbons (Fsp3) is 0.174. The number of ether oxygens (including phenoxy) is 2. The third-order valence-electron chi connectivity index (χ3n) is 5.18. The van der Waals surface area contributed by atoms with Crippen LogP contribution in [0.1, 0.15) is 38.1 Å². The van der Waals surface area contributed by atoms with Crippen LogP contribution >= 0.6 is 15.9 Å². The molecule has 0 radical (unpaired) electrons. The van der Waals surface area contributed by atoms with Gasteiger partial charge in [0.25, 0.3) is 0 Å². The molecule has 0 bridgehead atoms. The summed E-state index contributed by atoms with van der Waals surface area (Å²) in [5, 5.41) is 2.93. The van der Waals surface area contributed by atoms with E-state index in [9.17, 15) is 14.4 Å². The van der Waals surface area contributed by atoms with E-state index in [-0.39, 0.29) is 22.6 Å². The van der Waals surface area contributed by atoms with Crippen LogP contribution in [0.2, 0.25) is 0 Å². The maximum absolute atomic E-state index is 13.2. The number of pyridine rings is 1. The Balaban J connectivity index is 2.28. The maximum Gasteiger partial charge on any atom is 0.341 e. The van der Waals surface area contributed by atoms with E-state index in [2.05, 4.69) is 15.9 Å². The van der Waals surface area contributed by atoms with Crippen LogP contribution in [-0.4, -0.2) is 41.2 Å². The van der Waals surface area contributed by atoms with Crippen LogP contribution in [0.25, 0.3) is 27.2 Å². The Hall–Kier alpha value is -3.19. The Kier molecular flexibility index (Phi) is 5.07. The smallest absolute Gasteiger partial charge is 0.341 e. The summed E-state index contributed by atoms with van der Waals surface area (Å²) in [6, 6.07) is 15.3. The summed E-state index contributed by atoms with van der Waals surface area (Å²) in [5.41, 5.74) is 1.10. The largest absolute Gasteiger partial charge is 0.465 e. The second-order valence-corrected chi connectivity index (χ2v) is 8.21. The number of methoxy groups -OCH3 is 2. The summed E-state index contributed by atoms with van der Waals surface area (Å²) in [7, 11) is 2.44. The number of halogens is 1. The van der Waals surface area contributed by atoms with E-state index < -0.39 is 16.8 Å². The summed E-state index contributed by atoms with van der Waals surface area (Å²) in [5.74, 6) is -1.83. The van der Waals surface area contributed by atoms with Crippen molar-refractivity contribution in [2.24, 2.45) is 0 Å². The quantitative estimate of drug-likeness (QED) is 0.187. The molecule has 0 saturated heterocycles. The number of carbonyl (C=O) groups is 3. The van der Waals surface area contributed by atoms with E-state index in [1.54, 1.807) is 17.4 Å². The van der Waals surface area contributed by atoms with Crippen molar-refractivity contribution in [3.05, 3.63) is 65.4 Å². The van der Waals surface area contributed by atoms with Crippen molar-refractivity contribution in [1.82, 2.24) is 4.40 Å². The summed E-state index contributed by atoms with van der Waals surface area (Å²) in [4.78, 5) is 38.0. The molecule has 1 unspecified atom stereocenters. The number of nitrogens with zero attached hydrogens (tertiary/aromatic N) is 1. The molecule has 0 amide bonds. The number of carbonyl (C=O) groups excluding carboxylic acids is 3. The zero-order chi connectivity index (χ0) is 21.6. The van der Waals surface area contributed by atoms with Gasteiger partial charge in [0, 0.05) is 5.39 Å². The average Bonchev–Trinajstić information content (AvgIpc) is 3.12. The molecule has 0 aliphatic heterocycles. The molecule has 2 aromatic heterocycles. The third kappa shape index (κ3) is 2.89. The summed E-state index contributed by atoms with van der Waals surface area (Å²) < 4.78 is 11.5. The van der Waals surface area contributed by atoms with E-state index in [1.807, 2.05) is 42.5 Å². The van der Waals surface area contributed by atoms with Crippen LogP contribution in [-0.2, 0) is 9.47 Å². The van der Waals surface area contributed by atoms with Crippen LogP contribution in [0.5, 0.6) is 0 Å². The lowest BCUT2D eigenvalue weighted by Crippen LogP contribution is -2.19. The van der Waals surface area contributed by atoms with Gasteiger partial charge >= 0.3 is 11.9 Å². The number of fused-ring (bicyclic) bond motifs is 5. The molecule has 2 aromatic carbocycles. The standard InChI is InChI=1S/C23H18BrNO5/c1-12(24)21(26)20-19(23(28)30-3)18(22(27)29-2)17-11-9-15-14-7-5-4-6-13(14)8-10-16(15)25(17)20/h4-12H,1-3H3. The van der Waals surface area contributed by atoms with Gasteiger partial charge in [-0.3, -0.25) is 4.79 Å². The van der Waals surface area contributed by atoms with Crippen LogP contribution in [0, 0.1) is 0 Å². The number of rotatable bonds is 4. The first kappa shape index (κ1) is 20.1. The second kappa shape index (κ2) is 7.57. The molecule has 0 N–H and O–H groups in total. The monoisotopic (exact) mass is 467 g/mol. The molecule has 0 aliphatic rings. The highest BCUT2D eigenvalue weighted by Crippen LogP contribution is 2.34. The minimum Gasteiger partial charge on any atom is -0.465 e. The minimum absolute atomic E-state index is 0.0101. The first-order valence-corrected chi connectivity index (χ1v) is 10.2. The van der Waals surface area contributed by atoms with Crippen molar-refractivity contribution in [3.63, 3.8) is 0 Å². The van der Waals surface area contributed by atoms with Gasteiger partial charge < -0.3 is 13.9 Å². The van der Waals surface area contributed by atoms with Gasteiger partial charge in [-0.2, -0.15) is 0 Å². The molecule has 4 aromatic rings. The highest BCUT2D eigenvalue weighted by Gasteiger charge is 2.34. The molecule has 0 spiro atoms. The zero-order valence-corrected chi connectivity index (χ0v) is 18.1. The van der Waals surface area contributed by atoms with Crippen molar-refractivity contribution in [1.29, 1.82) is 0 Å². The van der Waals surface area contributed by atoms with Gasteiger partial charge in [0.05, 0.1) is 30.1 Å². The highest BCUT2D eigenvalue weighted by atomic mass is 79.9. The lowest BCUT2D eigenvalue weighted by molar-refractivity contribution is 0.0556. The number of aromatic nitrogens is 1. The minimum atomic E-state index is -0.774. The molecule has 0 fully saturated rings. The van der Waals surface area contributed by atoms with Crippen LogP contribution in [0.15, 0.2) is 48.5 Å². The van der Waals surface area contributed by atoms with E-state index in [0.29, 0.717) is 11.0 Å². The molecule has 1 atom stereocenters. The van der Waals surface area contributed by atoms with Crippen LogP contribution in [0.4, 0.5) is 0 Å². The maximum atomic E-state index is 13.2. The normalized spacial score (nSPS) is 12.3. The topological polar surface area (TPSA) is 74.1 Å². The lowest BCUT2D eigenvalue weighted by Gasteiger charge is -2.11.